The quantitative estimate of drug-likeness (QED) is 0.780. The number of ether oxygens (including phenoxy) is 1. The Labute approximate surface area is 172 Å². The van der Waals surface area contributed by atoms with Gasteiger partial charge in [-0.1, -0.05) is 30.3 Å². The molecule has 2 aliphatic heterocycles. The summed E-state index contributed by atoms with van der Waals surface area (Å²) in [4.78, 5) is 26.3. The van der Waals surface area contributed by atoms with Gasteiger partial charge in [0.1, 0.15) is 18.2 Å². The molecule has 29 heavy (non-hydrogen) atoms. The van der Waals surface area contributed by atoms with Crippen molar-refractivity contribution in [3.63, 3.8) is 0 Å². The molecule has 1 aromatic heterocycles. The molecule has 0 unspecified atom stereocenters. The van der Waals surface area contributed by atoms with Gasteiger partial charge in [-0.3, -0.25) is 4.79 Å². The van der Waals surface area contributed by atoms with E-state index in [-0.39, 0.29) is 12.5 Å². The minimum atomic E-state index is 0.0718. The second-order valence-electron chi connectivity index (χ2n) is 8.07. The fraction of sp³-hybridized carbons (Fsp3) is 0.522. The summed E-state index contributed by atoms with van der Waals surface area (Å²) in [5, 5.41) is 0. The van der Waals surface area contributed by atoms with E-state index in [4.69, 9.17) is 14.7 Å². The van der Waals surface area contributed by atoms with Crippen LogP contribution in [0.4, 0.5) is 5.82 Å². The van der Waals surface area contributed by atoms with Crippen LogP contribution < -0.4 is 4.90 Å². The zero-order valence-electron chi connectivity index (χ0n) is 17.4. The number of amides is 1. The van der Waals surface area contributed by atoms with Gasteiger partial charge in [-0.2, -0.15) is 0 Å². The highest BCUT2D eigenvalue weighted by Gasteiger charge is 2.28. The van der Waals surface area contributed by atoms with Crippen LogP contribution in [0.5, 0.6) is 0 Å². The number of aromatic nitrogens is 2. The molecule has 0 atom stereocenters. The molecule has 0 N–H and O–H groups in total. The van der Waals surface area contributed by atoms with Crippen LogP contribution >= 0.6 is 0 Å². The predicted molar refractivity (Wildman–Crippen MR) is 113 cm³/mol. The second-order valence-corrected chi connectivity index (χ2v) is 8.07. The van der Waals surface area contributed by atoms with E-state index >= 15 is 0 Å². The molecule has 3 heterocycles. The molecule has 0 bridgehead atoms. The van der Waals surface area contributed by atoms with Crippen molar-refractivity contribution in [1.29, 1.82) is 0 Å². The molecule has 6 nitrogen and oxygen atoms in total. The van der Waals surface area contributed by atoms with E-state index in [9.17, 15) is 4.79 Å². The van der Waals surface area contributed by atoms with Gasteiger partial charge < -0.3 is 14.5 Å². The number of methoxy groups -OCH3 is 1. The largest absolute Gasteiger partial charge is 0.375 e. The maximum atomic E-state index is 12.1. The average Bonchev–Trinajstić information content (AvgIpc) is 2.75. The highest BCUT2D eigenvalue weighted by Crippen LogP contribution is 2.32. The molecule has 1 aromatic carbocycles. The third-order valence-corrected chi connectivity index (χ3v) is 6.06. The summed E-state index contributed by atoms with van der Waals surface area (Å²) in [6.07, 6.45) is 4.01. The van der Waals surface area contributed by atoms with E-state index in [1.807, 2.05) is 4.90 Å². The Balaban J connectivity index is 1.52. The molecule has 0 aliphatic carbocycles. The Kier molecular flexibility index (Phi) is 6.09. The second kappa shape index (κ2) is 8.91. The maximum absolute atomic E-state index is 12.1. The van der Waals surface area contributed by atoms with Crippen LogP contribution in [0.2, 0.25) is 0 Å². The van der Waals surface area contributed by atoms with E-state index < -0.39 is 0 Å². The first-order chi connectivity index (χ1) is 14.2. The maximum Gasteiger partial charge on any atom is 0.248 e. The van der Waals surface area contributed by atoms with Crippen LogP contribution in [0.3, 0.4) is 0 Å². The Morgan fingerprint density at radius 2 is 1.90 bits per heavy atom. The number of hydrogen-bond donors (Lipinski definition) is 0. The summed E-state index contributed by atoms with van der Waals surface area (Å²) in [6, 6.07) is 10.6. The van der Waals surface area contributed by atoms with Crippen LogP contribution in [0.15, 0.2) is 30.3 Å². The van der Waals surface area contributed by atoms with Crippen molar-refractivity contribution in [2.24, 2.45) is 0 Å². The van der Waals surface area contributed by atoms with Crippen molar-refractivity contribution in [2.45, 2.75) is 45.1 Å². The Morgan fingerprint density at radius 1 is 1.14 bits per heavy atom. The third-order valence-electron chi connectivity index (χ3n) is 6.06. The number of piperidine rings is 1. The highest BCUT2D eigenvalue weighted by atomic mass is 16.5. The summed E-state index contributed by atoms with van der Waals surface area (Å²) >= 11 is 0. The molecule has 2 aliphatic rings. The van der Waals surface area contributed by atoms with Crippen LogP contribution in [-0.4, -0.2) is 54.1 Å². The topological polar surface area (TPSA) is 58.6 Å². The number of carbonyl (C=O) groups is 1. The Bertz CT molecular complexity index is 847. The SMILES string of the molecule is COCC(=O)N1CCC(c2nc(C)c3c(n2)N(Cc2ccccc2)CCC3)CC1. The van der Waals surface area contributed by atoms with Crippen molar-refractivity contribution in [3.05, 3.63) is 53.0 Å². The number of anilines is 1. The summed E-state index contributed by atoms with van der Waals surface area (Å²) in [5.74, 6) is 2.44. The predicted octanol–water partition coefficient (Wildman–Crippen LogP) is 3.09. The summed E-state index contributed by atoms with van der Waals surface area (Å²) in [7, 11) is 1.57. The van der Waals surface area contributed by atoms with Crippen LogP contribution in [0, 0.1) is 6.92 Å². The molecule has 0 saturated carbocycles. The molecule has 1 amide bonds. The number of nitrogens with zero attached hydrogens (tertiary/aromatic N) is 4. The van der Waals surface area contributed by atoms with Gasteiger partial charge in [0, 0.05) is 50.5 Å². The fourth-order valence-corrected chi connectivity index (χ4v) is 4.45. The first kappa shape index (κ1) is 19.8. The molecule has 1 fully saturated rings. The van der Waals surface area contributed by atoms with Gasteiger partial charge in [0.25, 0.3) is 0 Å². The lowest BCUT2D eigenvalue weighted by Gasteiger charge is -2.34. The lowest BCUT2D eigenvalue weighted by atomic mass is 9.95. The number of carbonyl (C=O) groups excluding carboxylic acids is 1. The standard InChI is InChI=1S/C23H30N4O2/c1-17-20-9-6-12-27(15-18-7-4-3-5-8-18)23(20)25-22(24-17)19-10-13-26(14-11-19)21(28)16-29-2/h3-5,7-8,19H,6,9-16H2,1-2H3. The van der Waals surface area contributed by atoms with Crippen molar-refractivity contribution >= 4 is 11.7 Å². The van der Waals surface area contributed by atoms with Gasteiger partial charge in [0.05, 0.1) is 0 Å². The number of hydrogen-bond acceptors (Lipinski definition) is 5. The molecule has 154 valence electrons. The summed E-state index contributed by atoms with van der Waals surface area (Å²) in [6.45, 7) is 5.69. The van der Waals surface area contributed by atoms with Crippen molar-refractivity contribution in [3.8, 4) is 0 Å². The van der Waals surface area contributed by atoms with Crippen molar-refractivity contribution in [1.82, 2.24) is 14.9 Å². The van der Waals surface area contributed by atoms with Crippen molar-refractivity contribution < 1.29 is 9.53 Å². The van der Waals surface area contributed by atoms with E-state index in [1.54, 1.807) is 7.11 Å². The molecule has 4 rings (SSSR count). The Morgan fingerprint density at radius 3 is 2.62 bits per heavy atom. The van der Waals surface area contributed by atoms with Crippen LogP contribution in [-0.2, 0) is 22.5 Å². The third kappa shape index (κ3) is 4.42. The lowest BCUT2D eigenvalue weighted by molar-refractivity contribution is -0.136. The Hall–Kier alpha value is -2.47. The number of fused-ring (bicyclic) bond motifs is 1. The monoisotopic (exact) mass is 394 g/mol. The van der Waals surface area contributed by atoms with E-state index in [1.165, 1.54) is 11.1 Å². The molecule has 0 spiro atoms. The minimum Gasteiger partial charge on any atom is -0.375 e. The highest BCUT2D eigenvalue weighted by molar-refractivity contribution is 5.77. The number of likely N-dealkylation sites (tertiary alicyclic amines) is 1. The van der Waals surface area contributed by atoms with Gasteiger partial charge >= 0.3 is 0 Å². The molecular weight excluding hydrogens is 364 g/mol. The summed E-state index contributed by atoms with van der Waals surface area (Å²) in [5.41, 5.74) is 3.72. The number of rotatable bonds is 5. The summed E-state index contributed by atoms with van der Waals surface area (Å²) < 4.78 is 4.99. The molecule has 1 saturated heterocycles. The zero-order chi connectivity index (χ0) is 20.2. The van der Waals surface area contributed by atoms with Gasteiger partial charge in [-0.15, -0.1) is 0 Å². The number of aryl methyl sites for hydroxylation is 1. The molecule has 0 radical (unpaired) electrons. The van der Waals surface area contributed by atoms with E-state index in [2.05, 4.69) is 42.2 Å². The molecule has 6 heteroatoms. The zero-order valence-corrected chi connectivity index (χ0v) is 17.4. The van der Waals surface area contributed by atoms with E-state index in [0.29, 0.717) is 5.92 Å². The minimum absolute atomic E-state index is 0.0718. The normalized spacial score (nSPS) is 17.3. The van der Waals surface area contributed by atoms with Crippen LogP contribution in [0.25, 0.3) is 0 Å². The molecular formula is C23H30N4O2. The lowest BCUT2D eigenvalue weighted by Crippen LogP contribution is -2.40. The number of benzene rings is 1. The first-order valence-corrected chi connectivity index (χ1v) is 10.6. The smallest absolute Gasteiger partial charge is 0.248 e. The van der Waals surface area contributed by atoms with Crippen molar-refractivity contribution in [2.75, 3.05) is 38.3 Å². The first-order valence-electron chi connectivity index (χ1n) is 10.6. The van der Waals surface area contributed by atoms with Gasteiger partial charge in [0.15, 0.2) is 0 Å². The van der Waals surface area contributed by atoms with Gasteiger partial charge in [-0.05, 0) is 38.2 Å². The van der Waals surface area contributed by atoms with Gasteiger partial charge in [-0.25, -0.2) is 9.97 Å². The molecule has 2 aromatic rings. The van der Waals surface area contributed by atoms with Gasteiger partial charge in [0.2, 0.25) is 5.91 Å². The fourth-order valence-electron chi connectivity index (χ4n) is 4.45. The van der Waals surface area contributed by atoms with E-state index in [0.717, 1.165) is 69.2 Å². The van der Waals surface area contributed by atoms with Crippen LogP contribution in [0.1, 0.15) is 47.8 Å². The average molecular weight is 395 g/mol.